The fourth-order valence-corrected chi connectivity index (χ4v) is 1.62. The minimum absolute atomic E-state index is 0.276. The van der Waals surface area contributed by atoms with Gasteiger partial charge in [0.1, 0.15) is 5.58 Å². The molecule has 0 aliphatic rings. The summed E-state index contributed by atoms with van der Waals surface area (Å²) in [5.74, 6) is 4.94. The second kappa shape index (κ2) is 3.40. The van der Waals surface area contributed by atoms with Gasteiger partial charge in [-0.1, -0.05) is 11.6 Å². The largest absolute Gasteiger partial charge is 0.451 e. The van der Waals surface area contributed by atoms with Crippen LogP contribution >= 0.6 is 0 Å². The summed E-state index contributed by atoms with van der Waals surface area (Å²) in [5, 5.41) is 0.952. The topological polar surface area (TPSA) is 68.3 Å². The van der Waals surface area contributed by atoms with Crippen LogP contribution in [-0.2, 0) is 0 Å². The van der Waals surface area contributed by atoms with Gasteiger partial charge in [0.25, 0.3) is 0 Å². The zero-order valence-electron chi connectivity index (χ0n) is 8.63. The molecule has 1 aromatic carbocycles. The standard InChI is InChI=1S/C11H12N2O2/c1-6-3-4-9-8(5-6)7(2)10(15-9)11(14)13-12/h3-5H,12H2,1-2H3,(H,13,14). The summed E-state index contributed by atoms with van der Waals surface area (Å²) in [4.78, 5) is 11.4. The lowest BCUT2D eigenvalue weighted by molar-refractivity contribution is 0.0927. The molecule has 0 saturated heterocycles. The van der Waals surface area contributed by atoms with Crippen molar-refractivity contribution in [1.82, 2.24) is 5.43 Å². The molecular formula is C11H12N2O2. The zero-order valence-corrected chi connectivity index (χ0v) is 8.63. The van der Waals surface area contributed by atoms with Crippen LogP contribution in [0.5, 0.6) is 0 Å². The van der Waals surface area contributed by atoms with E-state index in [4.69, 9.17) is 10.3 Å². The number of nitrogen functional groups attached to an aromatic ring is 1. The van der Waals surface area contributed by atoms with E-state index in [9.17, 15) is 4.79 Å². The number of carbonyl (C=O) groups is 1. The Morgan fingerprint density at radius 3 is 2.80 bits per heavy atom. The van der Waals surface area contributed by atoms with Gasteiger partial charge in [0, 0.05) is 10.9 Å². The fourth-order valence-electron chi connectivity index (χ4n) is 1.62. The van der Waals surface area contributed by atoms with Crippen molar-refractivity contribution in [3.8, 4) is 0 Å². The summed E-state index contributed by atoms with van der Waals surface area (Å²) in [5.41, 5.74) is 4.72. The molecule has 1 heterocycles. The van der Waals surface area contributed by atoms with Crippen LogP contribution in [0.15, 0.2) is 22.6 Å². The molecule has 1 amide bonds. The van der Waals surface area contributed by atoms with Gasteiger partial charge < -0.3 is 4.42 Å². The van der Waals surface area contributed by atoms with Crippen molar-refractivity contribution in [2.24, 2.45) is 5.84 Å². The van der Waals surface area contributed by atoms with Crippen molar-refractivity contribution in [2.45, 2.75) is 13.8 Å². The Morgan fingerprint density at radius 1 is 1.40 bits per heavy atom. The quantitative estimate of drug-likeness (QED) is 0.421. The summed E-state index contributed by atoms with van der Waals surface area (Å²) in [6.07, 6.45) is 0. The molecule has 78 valence electrons. The predicted molar refractivity (Wildman–Crippen MR) is 57.3 cm³/mol. The molecule has 0 fully saturated rings. The van der Waals surface area contributed by atoms with Crippen LogP contribution in [0, 0.1) is 13.8 Å². The number of benzene rings is 1. The summed E-state index contributed by atoms with van der Waals surface area (Å²) < 4.78 is 5.41. The van der Waals surface area contributed by atoms with Gasteiger partial charge in [-0.05, 0) is 26.0 Å². The van der Waals surface area contributed by atoms with Crippen LogP contribution < -0.4 is 11.3 Å². The van der Waals surface area contributed by atoms with E-state index in [1.54, 1.807) is 0 Å². The number of rotatable bonds is 1. The maximum atomic E-state index is 11.4. The monoisotopic (exact) mass is 204 g/mol. The van der Waals surface area contributed by atoms with Gasteiger partial charge in [0.05, 0.1) is 0 Å². The molecule has 0 radical (unpaired) electrons. The molecule has 3 N–H and O–H groups in total. The van der Waals surface area contributed by atoms with E-state index in [1.807, 2.05) is 32.0 Å². The molecule has 0 bridgehead atoms. The maximum absolute atomic E-state index is 11.4. The smallest absolute Gasteiger partial charge is 0.301 e. The number of hydrazine groups is 1. The van der Waals surface area contributed by atoms with E-state index in [-0.39, 0.29) is 5.76 Å². The number of hydrogen-bond acceptors (Lipinski definition) is 3. The molecule has 0 aliphatic heterocycles. The Labute approximate surface area is 87.0 Å². The molecule has 4 heteroatoms. The summed E-state index contributed by atoms with van der Waals surface area (Å²) >= 11 is 0. The lowest BCUT2D eigenvalue weighted by Gasteiger charge is -1.94. The second-order valence-corrected chi connectivity index (χ2v) is 3.53. The van der Waals surface area contributed by atoms with Gasteiger partial charge in [0.2, 0.25) is 0 Å². The summed E-state index contributed by atoms with van der Waals surface area (Å²) in [6.45, 7) is 3.84. The van der Waals surface area contributed by atoms with Crippen LogP contribution in [0.1, 0.15) is 21.7 Å². The first-order chi connectivity index (χ1) is 7.13. The van der Waals surface area contributed by atoms with Crippen LogP contribution in [0.2, 0.25) is 0 Å². The molecule has 0 spiro atoms. The number of nitrogens with two attached hydrogens (primary N) is 1. The Balaban J connectivity index is 2.69. The van der Waals surface area contributed by atoms with Crippen molar-refractivity contribution in [2.75, 3.05) is 0 Å². The number of hydrogen-bond donors (Lipinski definition) is 2. The van der Waals surface area contributed by atoms with E-state index in [0.717, 1.165) is 16.5 Å². The average molecular weight is 204 g/mol. The first kappa shape index (κ1) is 9.73. The number of fused-ring (bicyclic) bond motifs is 1. The highest BCUT2D eigenvalue weighted by atomic mass is 16.3. The van der Waals surface area contributed by atoms with Crippen molar-refractivity contribution in [3.63, 3.8) is 0 Å². The SMILES string of the molecule is Cc1ccc2oc(C(=O)NN)c(C)c2c1. The lowest BCUT2D eigenvalue weighted by atomic mass is 10.1. The number of aryl methyl sites for hydroxylation is 2. The molecule has 0 atom stereocenters. The third-order valence-electron chi connectivity index (χ3n) is 2.43. The number of nitrogens with one attached hydrogen (secondary N) is 1. The molecule has 15 heavy (non-hydrogen) atoms. The molecule has 0 unspecified atom stereocenters. The van der Waals surface area contributed by atoms with E-state index >= 15 is 0 Å². The van der Waals surface area contributed by atoms with E-state index in [0.29, 0.717) is 5.58 Å². The van der Waals surface area contributed by atoms with Crippen LogP contribution in [0.4, 0.5) is 0 Å². The van der Waals surface area contributed by atoms with Crippen LogP contribution in [-0.4, -0.2) is 5.91 Å². The average Bonchev–Trinajstić information content (AvgIpc) is 2.55. The normalized spacial score (nSPS) is 10.6. The van der Waals surface area contributed by atoms with Gasteiger partial charge in [-0.2, -0.15) is 0 Å². The van der Waals surface area contributed by atoms with Gasteiger partial charge in [-0.15, -0.1) is 0 Å². The van der Waals surface area contributed by atoms with Crippen molar-refractivity contribution in [1.29, 1.82) is 0 Å². The number of amides is 1. The highest BCUT2D eigenvalue weighted by Gasteiger charge is 2.16. The highest BCUT2D eigenvalue weighted by Crippen LogP contribution is 2.25. The predicted octanol–water partition coefficient (Wildman–Crippen LogP) is 1.65. The lowest BCUT2D eigenvalue weighted by Crippen LogP contribution is -2.30. The first-order valence-electron chi connectivity index (χ1n) is 4.64. The van der Waals surface area contributed by atoms with Crippen molar-refractivity contribution < 1.29 is 9.21 Å². The third kappa shape index (κ3) is 1.49. The number of carbonyl (C=O) groups excluding carboxylic acids is 1. The molecule has 0 saturated carbocycles. The van der Waals surface area contributed by atoms with Crippen molar-refractivity contribution in [3.05, 3.63) is 35.1 Å². The zero-order chi connectivity index (χ0) is 11.0. The minimum atomic E-state index is -0.402. The molecule has 2 rings (SSSR count). The number of furan rings is 1. The second-order valence-electron chi connectivity index (χ2n) is 3.53. The van der Waals surface area contributed by atoms with Crippen LogP contribution in [0.25, 0.3) is 11.0 Å². The van der Waals surface area contributed by atoms with Gasteiger partial charge in [-0.3, -0.25) is 10.2 Å². The van der Waals surface area contributed by atoms with Crippen molar-refractivity contribution >= 4 is 16.9 Å². The van der Waals surface area contributed by atoms with E-state index < -0.39 is 5.91 Å². The van der Waals surface area contributed by atoms with Crippen LogP contribution in [0.3, 0.4) is 0 Å². The maximum Gasteiger partial charge on any atom is 0.301 e. The first-order valence-corrected chi connectivity index (χ1v) is 4.64. The van der Waals surface area contributed by atoms with Gasteiger partial charge in [-0.25, -0.2) is 5.84 Å². The fraction of sp³-hybridized carbons (Fsp3) is 0.182. The Morgan fingerprint density at radius 2 is 2.13 bits per heavy atom. The van der Waals surface area contributed by atoms with Gasteiger partial charge in [0.15, 0.2) is 5.76 Å². The Bertz CT molecular complexity index is 529. The summed E-state index contributed by atoms with van der Waals surface area (Å²) in [7, 11) is 0. The summed E-state index contributed by atoms with van der Waals surface area (Å²) in [6, 6.07) is 5.78. The van der Waals surface area contributed by atoms with E-state index in [2.05, 4.69) is 5.43 Å². The Hall–Kier alpha value is -1.81. The molecular weight excluding hydrogens is 192 g/mol. The highest BCUT2D eigenvalue weighted by molar-refractivity contribution is 5.98. The third-order valence-corrected chi connectivity index (χ3v) is 2.43. The molecule has 4 nitrogen and oxygen atoms in total. The molecule has 2 aromatic rings. The van der Waals surface area contributed by atoms with E-state index in [1.165, 1.54) is 0 Å². The molecule has 1 aromatic heterocycles. The minimum Gasteiger partial charge on any atom is -0.451 e. The molecule has 0 aliphatic carbocycles. The van der Waals surface area contributed by atoms with Gasteiger partial charge >= 0.3 is 5.91 Å². The Kier molecular flexibility index (Phi) is 2.21.